The summed E-state index contributed by atoms with van der Waals surface area (Å²) in [6.07, 6.45) is 4.22. The van der Waals surface area contributed by atoms with Gasteiger partial charge in [-0.25, -0.2) is 0 Å². The molecule has 0 aromatic rings. The van der Waals surface area contributed by atoms with Gasteiger partial charge in [0.25, 0.3) is 0 Å². The molecule has 2 rings (SSSR count). The van der Waals surface area contributed by atoms with Gasteiger partial charge in [-0.15, -0.1) is 0 Å². The maximum absolute atomic E-state index is 12.0. The number of carbonyl (C=O) groups is 2. The lowest BCUT2D eigenvalue weighted by Crippen LogP contribution is -2.47. The Hall–Kier alpha value is -1.10. The predicted molar refractivity (Wildman–Crippen MR) is 69.0 cm³/mol. The minimum Gasteiger partial charge on any atom is -0.347 e. The van der Waals surface area contributed by atoms with Gasteiger partial charge in [0.05, 0.1) is 12.0 Å². The Kier molecular flexibility index (Phi) is 4.22. The number of nitrogens with zero attached hydrogens (tertiary/aromatic N) is 1. The highest BCUT2D eigenvalue weighted by atomic mass is 16.2. The van der Waals surface area contributed by atoms with Crippen LogP contribution in [0.25, 0.3) is 0 Å². The summed E-state index contributed by atoms with van der Waals surface area (Å²) >= 11 is 0. The van der Waals surface area contributed by atoms with Crippen LogP contribution in [0, 0.1) is 5.41 Å². The Morgan fingerprint density at radius 3 is 2.61 bits per heavy atom. The van der Waals surface area contributed by atoms with Crippen LogP contribution in [0.3, 0.4) is 0 Å². The molecule has 5 nitrogen and oxygen atoms in total. The molecule has 2 fully saturated rings. The van der Waals surface area contributed by atoms with E-state index >= 15 is 0 Å². The van der Waals surface area contributed by atoms with Crippen molar-refractivity contribution in [2.24, 2.45) is 5.41 Å². The summed E-state index contributed by atoms with van der Waals surface area (Å²) < 4.78 is 0. The molecule has 0 spiro atoms. The molecule has 0 aromatic heterocycles. The predicted octanol–water partition coefficient (Wildman–Crippen LogP) is 0.115. The fourth-order valence-corrected chi connectivity index (χ4v) is 2.64. The summed E-state index contributed by atoms with van der Waals surface area (Å²) in [6, 6.07) is 0. The van der Waals surface area contributed by atoms with Crippen LogP contribution in [-0.2, 0) is 9.59 Å². The molecule has 0 radical (unpaired) electrons. The average Bonchev–Trinajstić information content (AvgIpc) is 2.85. The van der Waals surface area contributed by atoms with E-state index in [1.54, 1.807) is 0 Å². The Balaban J connectivity index is 1.76. The van der Waals surface area contributed by atoms with Crippen molar-refractivity contribution in [2.45, 2.75) is 32.6 Å². The van der Waals surface area contributed by atoms with Crippen LogP contribution in [0.2, 0.25) is 0 Å². The van der Waals surface area contributed by atoms with E-state index in [-0.39, 0.29) is 23.8 Å². The first-order valence-electron chi connectivity index (χ1n) is 6.89. The third-order valence-corrected chi connectivity index (χ3v) is 4.03. The van der Waals surface area contributed by atoms with Gasteiger partial charge >= 0.3 is 0 Å². The number of nitrogens with one attached hydrogen (secondary N) is 2. The zero-order valence-corrected chi connectivity index (χ0v) is 11.1. The van der Waals surface area contributed by atoms with E-state index in [4.69, 9.17) is 0 Å². The van der Waals surface area contributed by atoms with Crippen molar-refractivity contribution in [3.63, 3.8) is 0 Å². The van der Waals surface area contributed by atoms with E-state index in [2.05, 4.69) is 10.6 Å². The van der Waals surface area contributed by atoms with Crippen LogP contribution in [0.15, 0.2) is 0 Å². The zero-order chi connectivity index (χ0) is 13.0. The summed E-state index contributed by atoms with van der Waals surface area (Å²) in [5.74, 6) is 0.0514. The molecule has 2 aliphatic rings. The van der Waals surface area contributed by atoms with E-state index in [0.29, 0.717) is 6.54 Å². The summed E-state index contributed by atoms with van der Waals surface area (Å²) in [7, 11) is 0. The summed E-state index contributed by atoms with van der Waals surface area (Å²) in [5, 5.41) is 5.98. The third kappa shape index (κ3) is 3.02. The SMILES string of the molecule is CC1(C(=O)NCC(=O)N2CCCCC2)CCNC1. The monoisotopic (exact) mass is 253 g/mol. The van der Waals surface area contributed by atoms with E-state index < -0.39 is 0 Å². The molecule has 0 bridgehead atoms. The van der Waals surface area contributed by atoms with E-state index in [9.17, 15) is 9.59 Å². The van der Waals surface area contributed by atoms with Crippen molar-refractivity contribution in [2.75, 3.05) is 32.7 Å². The molecule has 102 valence electrons. The maximum Gasteiger partial charge on any atom is 0.241 e. The van der Waals surface area contributed by atoms with Gasteiger partial charge in [-0.1, -0.05) is 0 Å². The van der Waals surface area contributed by atoms with Gasteiger partial charge in [0.2, 0.25) is 11.8 Å². The van der Waals surface area contributed by atoms with Gasteiger partial charge in [0.15, 0.2) is 0 Å². The maximum atomic E-state index is 12.0. The van der Waals surface area contributed by atoms with Crippen LogP contribution in [0.1, 0.15) is 32.6 Å². The average molecular weight is 253 g/mol. The second-order valence-corrected chi connectivity index (χ2v) is 5.61. The second-order valence-electron chi connectivity index (χ2n) is 5.61. The van der Waals surface area contributed by atoms with Crippen LogP contribution >= 0.6 is 0 Å². The van der Waals surface area contributed by atoms with E-state index in [0.717, 1.165) is 38.9 Å². The molecule has 1 unspecified atom stereocenters. The van der Waals surface area contributed by atoms with Gasteiger partial charge in [-0.05, 0) is 39.2 Å². The summed E-state index contributed by atoms with van der Waals surface area (Å²) in [4.78, 5) is 25.8. The smallest absolute Gasteiger partial charge is 0.241 e. The van der Waals surface area contributed by atoms with Crippen LogP contribution in [0.4, 0.5) is 0 Å². The molecule has 0 saturated carbocycles. The number of amides is 2. The highest BCUT2D eigenvalue weighted by Crippen LogP contribution is 2.24. The molecule has 2 heterocycles. The largest absolute Gasteiger partial charge is 0.347 e. The molecule has 18 heavy (non-hydrogen) atoms. The van der Waals surface area contributed by atoms with Crippen LogP contribution in [0.5, 0.6) is 0 Å². The number of rotatable bonds is 3. The lowest BCUT2D eigenvalue weighted by atomic mass is 9.89. The molecule has 2 saturated heterocycles. The molecule has 2 amide bonds. The standard InChI is InChI=1S/C13H23N3O2/c1-13(5-6-14-10-13)12(18)15-9-11(17)16-7-3-2-4-8-16/h14H,2-10H2,1H3,(H,15,18). The first kappa shape index (κ1) is 13.3. The van der Waals surface area contributed by atoms with Crippen molar-refractivity contribution in [1.82, 2.24) is 15.5 Å². The molecule has 5 heteroatoms. The molecular weight excluding hydrogens is 230 g/mol. The summed E-state index contributed by atoms with van der Waals surface area (Å²) in [6.45, 7) is 5.36. The minimum atomic E-state index is -0.345. The number of likely N-dealkylation sites (tertiary alicyclic amines) is 1. The van der Waals surface area contributed by atoms with Gasteiger partial charge in [0, 0.05) is 19.6 Å². The fraction of sp³-hybridized carbons (Fsp3) is 0.846. The molecular formula is C13H23N3O2. The Labute approximate surface area is 108 Å². The van der Waals surface area contributed by atoms with Gasteiger partial charge in [-0.2, -0.15) is 0 Å². The van der Waals surface area contributed by atoms with Crippen LogP contribution in [-0.4, -0.2) is 49.4 Å². The molecule has 0 aliphatic carbocycles. The highest BCUT2D eigenvalue weighted by Gasteiger charge is 2.36. The van der Waals surface area contributed by atoms with Crippen molar-refractivity contribution < 1.29 is 9.59 Å². The third-order valence-electron chi connectivity index (χ3n) is 4.03. The quantitative estimate of drug-likeness (QED) is 0.751. The van der Waals surface area contributed by atoms with Crippen molar-refractivity contribution >= 4 is 11.8 Å². The topological polar surface area (TPSA) is 61.4 Å². The van der Waals surface area contributed by atoms with Gasteiger partial charge in [-0.3, -0.25) is 9.59 Å². The molecule has 0 aromatic carbocycles. The Morgan fingerprint density at radius 1 is 1.28 bits per heavy atom. The van der Waals surface area contributed by atoms with Gasteiger partial charge < -0.3 is 15.5 Å². The molecule has 2 aliphatic heterocycles. The first-order valence-corrected chi connectivity index (χ1v) is 6.89. The normalized spacial score (nSPS) is 28.2. The van der Waals surface area contributed by atoms with Crippen molar-refractivity contribution in [3.8, 4) is 0 Å². The van der Waals surface area contributed by atoms with Gasteiger partial charge in [0.1, 0.15) is 0 Å². The van der Waals surface area contributed by atoms with Crippen LogP contribution < -0.4 is 10.6 Å². The van der Waals surface area contributed by atoms with Crippen molar-refractivity contribution in [3.05, 3.63) is 0 Å². The Bertz CT molecular complexity index is 318. The second kappa shape index (κ2) is 5.69. The molecule has 2 N–H and O–H groups in total. The zero-order valence-electron chi connectivity index (χ0n) is 11.1. The number of carbonyl (C=O) groups excluding carboxylic acids is 2. The first-order chi connectivity index (χ1) is 8.62. The fourth-order valence-electron chi connectivity index (χ4n) is 2.64. The highest BCUT2D eigenvalue weighted by molar-refractivity contribution is 5.88. The number of hydrogen-bond donors (Lipinski definition) is 2. The van der Waals surface area contributed by atoms with Crippen molar-refractivity contribution in [1.29, 1.82) is 0 Å². The minimum absolute atomic E-state index is 0.00198. The van der Waals surface area contributed by atoms with E-state index in [1.807, 2.05) is 11.8 Å². The number of hydrogen-bond acceptors (Lipinski definition) is 3. The van der Waals surface area contributed by atoms with E-state index in [1.165, 1.54) is 6.42 Å². The lowest BCUT2D eigenvalue weighted by Gasteiger charge is -2.28. The Morgan fingerprint density at radius 2 is 2.00 bits per heavy atom. The number of piperidine rings is 1. The molecule has 1 atom stereocenters. The summed E-state index contributed by atoms with van der Waals surface area (Å²) in [5.41, 5.74) is -0.345. The lowest BCUT2D eigenvalue weighted by molar-refractivity contribution is -0.136.